The van der Waals surface area contributed by atoms with Gasteiger partial charge in [0.1, 0.15) is 6.54 Å². The molecule has 3 aromatic rings. The van der Waals surface area contributed by atoms with Crippen molar-refractivity contribution in [3.63, 3.8) is 0 Å². The molecule has 3 rings (SSSR count). The lowest BCUT2D eigenvalue weighted by Gasteiger charge is -2.02. The number of carbonyl (C=O) groups excluding carboxylic acids is 1. The van der Waals surface area contributed by atoms with Crippen molar-refractivity contribution in [3.8, 4) is 0 Å². The molecule has 0 amide bonds. The maximum absolute atomic E-state index is 12.2. The zero-order valence-corrected chi connectivity index (χ0v) is 10.7. The van der Waals surface area contributed by atoms with Crippen molar-refractivity contribution in [1.82, 2.24) is 20.0 Å². The Labute approximate surface area is 115 Å². The number of benzene rings is 1. The minimum atomic E-state index is -0.0239. The highest BCUT2D eigenvalue weighted by Gasteiger charge is 2.09. The lowest BCUT2D eigenvalue weighted by Crippen LogP contribution is -2.11. The van der Waals surface area contributed by atoms with Gasteiger partial charge in [0, 0.05) is 23.7 Å². The van der Waals surface area contributed by atoms with Crippen molar-refractivity contribution in [1.29, 1.82) is 0 Å². The number of pyridine rings is 1. The fourth-order valence-corrected chi connectivity index (χ4v) is 2.00. The summed E-state index contributed by atoms with van der Waals surface area (Å²) in [7, 11) is 0. The second kappa shape index (κ2) is 5.18. The number of carbonyl (C=O) groups is 1. The van der Waals surface area contributed by atoms with Gasteiger partial charge in [-0.25, -0.2) is 4.68 Å². The summed E-state index contributed by atoms with van der Waals surface area (Å²) in [5.74, 6) is -0.0239. The van der Waals surface area contributed by atoms with E-state index in [9.17, 15) is 4.79 Å². The highest BCUT2D eigenvalue weighted by molar-refractivity contribution is 5.99. The predicted molar refractivity (Wildman–Crippen MR) is 74.0 cm³/mol. The van der Waals surface area contributed by atoms with Gasteiger partial charge in [0.05, 0.1) is 17.4 Å². The average molecular weight is 267 g/mol. The second-order valence-electron chi connectivity index (χ2n) is 4.45. The van der Waals surface area contributed by atoms with Gasteiger partial charge < -0.3 is 5.73 Å². The van der Waals surface area contributed by atoms with Gasteiger partial charge in [-0.1, -0.05) is 11.3 Å². The third kappa shape index (κ3) is 2.41. The molecule has 0 spiro atoms. The number of hydrogen-bond donors (Lipinski definition) is 1. The first-order chi connectivity index (χ1) is 9.76. The molecule has 0 fully saturated rings. The molecule has 20 heavy (non-hydrogen) atoms. The number of aromatic nitrogens is 4. The quantitative estimate of drug-likeness (QED) is 0.717. The molecule has 100 valence electrons. The molecule has 0 radical (unpaired) electrons. The van der Waals surface area contributed by atoms with Crippen LogP contribution >= 0.6 is 0 Å². The molecular weight excluding hydrogens is 254 g/mol. The van der Waals surface area contributed by atoms with Crippen molar-refractivity contribution in [3.05, 3.63) is 54.0 Å². The van der Waals surface area contributed by atoms with Crippen LogP contribution < -0.4 is 5.73 Å². The summed E-state index contributed by atoms with van der Waals surface area (Å²) in [5, 5.41) is 8.67. The van der Waals surface area contributed by atoms with Crippen molar-refractivity contribution in [2.45, 2.75) is 13.1 Å². The molecule has 0 saturated carbocycles. The first kappa shape index (κ1) is 12.4. The standard InChI is InChI=1S/C14H13N5O/c15-7-12-8-19(18-17-12)9-14(20)11-3-4-13-10(6-11)2-1-5-16-13/h1-6,8H,7,9,15H2. The summed E-state index contributed by atoms with van der Waals surface area (Å²) in [6.45, 7) is 0.467. The highest BCUT2D eigenvalue weighted by atomic mass is 16.1. The van der Waals surface area contributed by atoms with E-state index >= 15 is 0 Å². The van der Waals surface area contributed by atoms with Gasteiger partial charge >= 0.3 is 0 Å². The van der Waals surface area contributed by atoms with E-state index in [0.29, 0.717) is 17.8 Å². The lowest BCUT2D eigenvalue weighted by molar-refractivity contribution is 0.0967. The molecule has 6 heteroatoms. The van der Waals surface area contributed by atoms with E-state index in [1.807, 2.05) is 24.3 Å². The number of nitrogens with zero attached hydrogens (tertiary/aromatic N) is 4. The van der Waals surface area contributed by atoms with Crippen LogP contribution in [0.25, 0.3) is 10.9 Å². The average Bonchev–Trinajstić information content (AvgIpc) is 2.94. The Balaban J connectivity index is 1.84. The first-order valence-electron chi connectivity index (χ1n) is 6.23. The number of hydrogen-bond acceptors (Lipinski definition) is 5. The molecule has 2 N–H and O–H groups in total. The fourth-order valence-electron chi connectivity index (χ4n) is 2.00. The molecule has 1 aromatic carbocycles. The van der Waals surface area contributed by atoms with Crippen LogP contribution in [0.4, 0.5) is 0 Å². The zero-order chi connectivity index (χ0) is 13.9. The lowest BCUT2D eigenvalue weighted by atomic mass is 10.1. The van der Waals surface area contributed by atoms with Crippen LogP contribution in [0.1, 0.15) is 16.1 Å². The first-order valence-corrected chi connectivity index (χ1v) is 6.23. The molecule has 2 heterocycles. The van der Waals surface area contributed by atoms with Crippen LogP contribution in [-0.2, 0) is 13.1 Å². The second-order valence-corrected chi connectivity index (χ2v) is 4.45. The van der Waals surface area contributed by atoms with Crippen molar-refractivity contribution in [2.24, 2.45) is 5.73 Å². The van der Waals surface area contributed by atoms with Gasteiger partial charge in [-0.15, -0.1) is 5.10 Å². The van der Waals surface area contributed by atoms with Gasteiger partial charge in [-0.2, -0.15) is 0 Å². The fraction of sp³-hybridized carbons (Fsp3) is 0.143. The van der Waals surface area contributed by atoms with Crippen LogP contribution in [0, 0.1) is 0 Å². The topological polar surface area (TPSA) is 86.7 Å². The van der Waals surface area contributed by atoms with Gasteiger partial charge in [0.2, 0.25) is 0 Å². The van der Waals surface area contributed by atoms with Gasteiger partial charge in [0.15, 0.2) is 5.78 Å². The number of fused-ring (bicyclic) bond motifs is 1. The van der Waals surface area contributed by atoms with E-state index < -0.39 is 0 Å². The molecule has 0 bridgehead atoms. The van der Waals surface area contributed by atoms with Crippen molar-refractivity contribution >= 4 is 16.7 Å². The minimum absolute atomic E-state index is 0.0239. The van der Waals surface area contributed by atoms with Gasteiger partial charge in [-0.3, -0.25) is 9.78 Å². The van der Waals surface area contributed by atoms with E-state index in [1.54, 1.807) is 18.5 Å². The third-order valence-corrected chi connectivity index (χ3v) is 3.03. The van der Waals surface area contributed by atoms with Crippen molar-refractivity contribution in [2.75, 3.05) is 0 Å². The number of rotatable bonds is 4. The summed E-state index contributed by atoms with van der Waals surface area (Å²) in [4.78, 5) is 16.4. The van der Waals surface area contributed by atoms with Crippen LogP contribution in [0.5, 0.6) is 0 Å². The van der Waals surface area contributed by atoms with E-state index in [2.05, 4.69) is 15.3 Å². The van der Waals surface area contributed by atoms with Gasteiger partial charge in [-0.05, 0) is 24.3 Å². The smallest absolute Gasteiger partial charge is 0.184 e. The summed E-state index contributed by atoms with van der Waals surface area (Å²) < 4.78 is 1.50. The molecule has 0 atom stereocenters. The Hall–Kier alpha value is -2.60. The Morgan fingerprint density at radius 2 is 2.20 bits per heavy atom. The Kier molecular flexibility index (Phi) is 3.22. The monoisotopic (exact) mass is 267 g/mol. The van der Waals surface area contributed by atoms with E-state index in [1.165, 1.54) is 4.68 Å². The van der Waals surface area contributed by atoms with Crippen LogP contribution in [0.2, 0.25) is 0 Å². The minimum Gasteiger partial charge on any atom is -0.325 e. The Morgan fingerprint density at radius 3 is 3.00 bits per heavy atom. The SMILES string of the molecule is NCc1cn(CC(=O)c2ccc3ncccc3c2)nn1. The molecule has 0 saturated heterocycles. The normalized spacial score (nSPS) is 10.8. The number of Topliss-reactive ketones (excluding diaryl/α,β-unsaturated/α-hetero) is 1. The molecule has 6 nitrogen and oxygen atoms in total. The summed E-state index contributed by atoms with van der Waals surface area (Å²) in [6, 6.07) is 9.24. The maximum atomic E-state index is 12.2. The zero-order valence-electron chi connectivity index (χ0n) is 10.7. The molecule has 2 aromatic heterocycles. The third-order valence-electron chi connectivity index (χ3n) is 3.03. The summed E-state index contributed by atoms with van der Waals surface area (Å²) in [6.07, 6.45) is 3.41. The molecule has 0 aliphatic carbocycles. The van der Waals surface area contributed by atoms with E-state index in [4.69, 9.17) is 5.73 Å². The van der Waals surface area contributed by atoms with Crippen molar-refractivity contribution < 1.29 is 4.79 Å². The van der Waals surface area contributed by atoms with Gasteiger partial charge in [0.25, 0.3) is 0 Å². The van der Waals surface area contributed by atoms with Crippen LogP contribution in [0.15, 0.2) is 42.7 Å². The Morgan fingerprint density at radius 1 is 1.30 bits per heavy atom. The summed E-state index contributed by atoms with van der Waals surface area (Å²) >= 11 is 0. The largest absolute Gasteiger partial charge is 0.325 e. The maximum Gasteiger partial charge on any atom is 0.184 e. The summed E-state index contributed by atoms with van der Waals surface area (Å²) in [5.41, 5.74) is 7.63. The van der Waals surface area contributed by atoms with Crippen LogP contribution in [-0.4, -0.2) is 25.8 Å². The van der Waals surface area contributed by atoms with Crippen LogP contribution in [0.3, 0.4) is 0 Å². The molecule has 0 aliphatic heterocycles. The molecule has 0 unspecified atom stereocenters. The Bertz CT molecular complexity index is 765. The number of nitrogens with two attached hydrogens (primary N) is 1. The van der Waals surface area contributed by atoms with E-state index in [-0.39, 0.29) is 12.3 Å². The number of ketones is 1. The highest BCUT2D eigenvalue weighted by Crippen LogP contribution is 2.14. The molecular formula is C14H13N5O. The van der Waals surface area contributed by atoms with E-state index in [0.717, 1.165) is 10.9 Å². The predicted octanol–water partition coefficient (Wildman–Crippen LogP) is 1.17. The molecule has 0 aliphatic rings.